The van der Waals surface area contributed by atoms with Gasteiger partial charge in [0.25, 0.3) is 0 Å². The van der Waals surface area contributed by atoms with E-state index in [0.29, 0.717) is 6.42 Å². The molecule has 0 bridgehead atoms. The van der Waals surface area contributed by atoms with E-state index in [1.54, 1.807) is 13.8 Å². The first kappa shape index (κ1) is 32.8. The summed E-state index contributed by atoms with van der Waals surface area (Å²) < 4.78 is 24.4. The first-order chi connectivity index (χ1) is 15.6. The molecule has 0 spiro atoms. The van der Waals surface area contributed by atoms with E-state index >= 15 is 0 Å². The van der Waals surface area contributed by atoms with Crippen LogP contribution in [0.25, 0.3) is 0 Å². The van der Waals surface area contributed by atoms with Crippen molar-refractivity contribution in [1.29, 1.82) is 0 Å². The molecule has 1 heterocycles. The number of unbranched alkanes of at least 4 members (excludes halogenated alkanes) is 1. The highest BCUT2D eigenvalue weighted by Gasteiger charge is 2.41. The van der Waals surface area contributed by atoms with Gasteiger partial charge in [0, 0.05) is 26.9 Å². The Morgan fingerprint density at radius 1 is 0.886 bits per heavy atom. The Hall–Kier alpha value is -0.256. The van der Waals surface area contributed by atoms with Crippen molar-refractivity contribution in [2.45, 2.75) is 149 Å². The lowest BCUT2D eigenvalue weighted by atomic mass is 10.1. The van der Waals surface area contributed by atoms with E-state index in [-0.39, 0.29) is 28.3 Å². The zero-order valence-corrected chi connectivity index (χ0v) is 27.5. The van der Waals surface area contributed by atoms with E-state index in [2.05, 4.69) is 86.5 Å². The highest BCUT2D eigenvalue weighted by molar-refractivity contribution is 6.74. The molecule has 0 aromatic heterocycles. The Kier molecular flexibility index (Phi) is 11.3. The second kappa shape index (κ2) is 12.1. The molecule has 1 saturated heterocycles. The first-order valence-electron chi connectivity index (χ1n) is 13.5. The van der Waals surface area contributed by atoms with Crippen LogP contribution in [-0.4, -0.2) is 71.2 Å². The molecule has 208 valence electrons. The van der Waals surface area contributed by atoms with Gasteiger partial charge in [-0.25, -0.2) is 4.79 Å². The summed E-state index contributed by atoms with van der Waals surface area (Å²) in [5, 5.41) is 0.378. The Bertz CT molecular complexity index is 646. The maximum Gasteiger partial charge on any atom is 0.337 e. The SMILES string of the molecule is CC(CN(CCCCC1OC(C)(C)OC1=O)CC(C)O[Si](C)(C)C(C)(C)C)O[Si](C)(C)C(C)(C)C. The summed E-state index contributed by atoms with van der Waals surface area (Å²) in [7, 11) is -3.67. The van der Waals surface area contributed by atoms with Crippen LogP contribution in [-0.2, 0) is 23.1 Å². The molecule has 1 aliphatic rings. The summed E-state index contributed by atoms with van der Waals surface area (Å²) in [5.74, 6) is -1.04. The van der Waals surface area contributed by atoms with Gasteiger partial charge in [0.2, 0.25) is 5.79 Å². The Morgan fingerprint density at radius 2 is 1.31 bits per heavy atom. The third kappa shape index (κ3) is 10.6. The molecule has 0 radical (unpaired) electrons. The summed E-state index contributed by atoms with van der Waals surface area (Å²) in [6.45, 7) is 33.7. The van der Waals surface area contributed by atoms with Crippen molar-refractivity contribution in [2.75, 3.05) is 19.6 Å². The van der Waals surface area contributed by atoms with Crippen molar-refractivity contribution in [3.05, 3.63) is 0 Å². The number of hydrogen-bond acceptors (Lipinski definition) is 6. The van der Waals surface area contributed by atoms with E-state index in [1.165, 1.54) is 0 Å². The maximum absolute atomic E-state index is 12.1. The molecule has 0 aromatic carbocycles. The molecule has 1 fully saturated rings. The minimum atomic E-state index is -1.83. The number of nitrogens with zero attached hydrogens (tertiary/aromatic N) is 1. The topological polar surface area (TPSA) is 57.2 Å². The number of carbonyl (C=O) groups is 1. The lowest BCUT2D eigenvalue weighted by Crippen LogP contribution is -2.49. The molecule has 1 rings (SSSR count). The molecule has 1 aliphatic heterocycles. The van der Waals surface area contributed by atoms with Gasteiger partial charge in [0.15, 0.2) is 22.7 Å². The first-order valence-corrected chi connectivity index (χ1v) is 19.4. The summed E-state index contributed by atoms with van der Waals surface area (Å²) in [6, 6.07) is 0. The van der Waals surface area contributed by atoms with Crippen molar-refractivity contribution in [3.8, 4) is 0 Å². The van der Waals surface area contributed by atoms with Crippen LogP contribution in [0.1, 0.15) is 88.5 Å². The van der Waals surface area contributed by atoms with Gasteiger partial charge in [0.05, 0.1) is 12.2 Å². The van der Waals surface area contributed by atoms with E-state index in [4.69, 9.17) is 18.3 Å². The average Bonchev–Trinajstić information content (AvgIpc) is 2.87. The Morgan fingerprint density at radius 3 is 1.66 bits per heavy atom. The minimum absolute atomic E-state index is 0.157. The third-order valence-corrected chi connectivity index (χ3v) is 17.1. The van der Waals surface area contributed by atoms with E-state index in [0.717, 1.165) is 32.5 Å². The van der Waals surface area contributed by atoms with Crippen LogP contribution in [0.5, 0.6) is 0 Å². The van der Waals surface area contributed by atoms with Crippen LogP contribution in [0.3, 0.4) is 0 Å². The molecule has 35 heavy (non-hydrogen) atoms. The number of hydrogen-bond donors (Lipinski definition) is 0. The van der Waals surface area contributed by atoms with Gasteiger partial charge in [-0.05, 0) is 75.9 Å². The normalized spacial score (nSPS) is 21.3. The zero-order valence-electron chi connectivity index (χ0n) is 25.5. The molecular formula is C27H57NO5Si2. The average molecular weight is 532 g/mol. The molecule has 0 aliphatic carbocycles. The van der Waals surface area contributed by atoms with Gasteiger partial charge < -0.3 is 18.3 Å². The number of carbonyl (C=O) groups excluding carboxylic acids is 1. The van der Waals surface area contributed by atoms with Gasteiger partial charge in [-0.1, -0.05) is 41.5 Å². The maximum atomic E-state index is 12.1. The van der Waals surface area contributed by atoms with Crippen molar-refractivity contribution in [3.63, 3.8) is 0 Å². The summed E-state index contributed by atoms with van der Waals surface area (Å²) in [6.07, 6.45) is 2.48. The van der Waals surface area contributed by atoms with Crippen molar-refractivity contribution < 1.29 is 23.1 Å². The summed E-state index contributed by atoms with van der Waals surface area (Å²) in [4.78, 5) is 14.5. The Labute approximate surface area is 219 Å². The van der Waals surface area contributed by atoms with Crippen LogP contribution in [0.4, 0.5) is 0 Å². The predicted molar refractivity (Wildman–Crippen MR) is 151 cm³/mol. The third-order valence-electron chi connectivity index (χ3n) is 7.86. The summed E-state index contributed by atoms with van der Waals surface area (Å²) >= 11 is 0. The van der Waals surface area contributed by atoms with Crippen LogP contribution < -0.4 is 0 Å². The lowest BCUT2D eigenvalue weighted by molar-refractivity contribution is -0.160. The number of rotatable bonds is 13. The van der Waals surface area contributed by atoms with Crippen LogP contribution in [0.2, 0.25) is 36.3 Å². The number of esters is 1. The quantitative estimate of drug-likeness (QED) is 0.145. The molecule has 0 aromatic rings. The van der Waals surface area contributed by atoms with Gasteiger partial charge in [-0.15, -0.1) is 0 Å². The van der Waals surface area contributed by atoms with E-state index in [9.17, 15) is 4.79 Å². The monoisotopic (exact) mass is 531 g/mol. The zero-order chi connectivity index (χ0) is 27.5. The number of cyclic esters (lactones) is 1. The molecule has 3 atom stereocenters. The summed E-state index contributed by atoms with van der Waals surface area (Å²) in [5.41, 5.74) is 0. The number of ether oxygens (including phenoxy) is 2. The Balaban J connectivity index is 2.76. The van der Waals surface area contributed by atoms with Crippen LogP contribution >= 0.6 is 0 Å². The van der Waals surface area contributed by atoms with Crippen molar-refractivity contribution in [2.24, 2.45) is 0 Å². The predicted octanol–water partition coefficient (Wildman–Crippen LogP) is 6.96. The minimum Gasteiger partial charge on any atom is -0.432 e. The molecule has 3 unspecified atom stereocenters. The highest BCUT2D eigenvalue weighted by Crippen LogP contribution is 2.38. The molecule has 8 heteroatoms. The standard InChI is InChI=1S/C27H57NO5Si2/c1-21(32-34(11,12)25(3,4)5)19-28(20-22(2)33-35(13,14)26(6,7)8)18-16-15-17-23-24(29)31-27(9,10)30-23/h21-23H,15-20H2,1-14H3. The molecule has 0 saturated carbocycles. The van der Waals surface area contributed by atoms with Gasteiger partial charge >= 0.3 is 5.97 Å². The van der Waals surface area contributed by atoms with Crippen LogP contribution in [0, 0.1) is 0 Å². The smallest absolute Gasteiger partial charge is 0.337 e. The van der Waals surface area contributed by atoms with E-state index in [1.807, 2.05) is 0 Å². The van der Waals surface area contributed by atoms with E-state index < -0.39 is 28.5 Å². The van der Waals surface area contributed by atoms with Crippen molar-refractivity contribution >= 4 is 22.6 Å². The second-order valence-electron chi connectivity index (χ2n) is 14.1. The lowest BCUT2D eigenvalue weighted by Gasteiger charge is -2.41. The highest BCUT2D eigenvalue weighted by atomic mass is 28.4. The van der Waals surface area contributed by atoms with Gasteiger partial charge in [-0.3, -0.25) is 4.90 Å². The van der Waals surface area contributed by atoms with Gasteiger partial charge in [0.1, 0.15) is 0 Å². The fraction of sp³-hybridized carbons (Fsp3) is 0.963. The van der Waals surface area contributed by atoms with Crippen molar-refractivity contribution in [1.82, 2.24) is 4.90 Å². The van der Waals surface area contributed by atoms with Gasteiger partial charge in [-0.2, -0.15) is 0 Å². The fourth-order valence-corrected chi connectivity index (χ4v) is 6.85. The molecule has 0 N–H and O–H groups in total. The van der Waals surface area contributed by atoms with Crippen LogP contribution in [0.15, 0.2) is 0 Å². The second-order valence-corrected chi connectivity index (χ2v) is 23.6. The molecule has 0 amide bonds. The molecule has 6 nitrogen and oxygen atoms in total. The molecular weight excluding hydrogens is 474 g/mol. The fourth-order valence-electron chi connectivity index (χ4n) is 3.98. The largest absolute Gasteiger partial charge is 0.432 e.